The molecular formula is C11H20N4. The van der Waals surface area contributed by atoms with Gasteiger partial charge in [-0.2, -0.15) is 5.10 Å². The first-order chi connectivity index (χ1) is 7.26. The maximum Gasteiger partial charge on any atom is 0.148 e. The predicted octanol–water partition coefficient (Wildman–Crippen LogP) is 1.44. The number of aromatic nitrogens is 2. The summed E-state index contributed by atoms with van der Waals surface area (Å²) >= 11 is 0. The van der Waals surface area contributed by atoms with Gasteiger partial charge in [0.05, 0.1) is 5.69 Å². The van der Waals surface area contributed by atoms with Crippen LogP contribution >= 0.6 is 0 Å². The molecular weight excluding hydrogens is 188 g/mol. The molecule has 0 aromatic carbocycles. The topological polar surface area (TPSA) is 63.8 Å². The summed E-state index contributed by atoms with van der Waals surface area (Å²) in [5.74, 6) is 1.29. The van der Waals surface area contributed by atoms with E-state index in [0.29, 0.717) is 12.5 Å². The number of aryl methyl sites for hydroxylation is 1. The van der Waals surface area contributed by atoms with Gasteiger partial charge in [0.1, 0.15) is 5.82 Å². The molecule has 1 aromatic heterocycles. The molecule has 1 heterocycles. The number of nitrogens with one attached hydrogen (secondary N) is 1. The van der Waals surface area contributed by atoms with Crippen LogP contribution in [0.15, 0.2) is 12.1 Å². The van der Waals surface area contributed by atoms with Gasteiger partial charge in [-0.1, -0.05) is 20.3 Å². The van der Waals surface area contributed by atoms with Crippen molar-refractivity contribution < 1.29 is 0 Å². The van der Waals surface area contributed by atoms with Crippen molar-refractivity contribution in [3.8, 4) is 0 Å². The van der Waals surface area contributed by atoms with Gasteiger partial charge < -0.3 is 11.1 Å². The summed E-state index contributed by atoms with van der Waals surface area (Å²) in [7, 11) is 0. The van der Waals surface area contributed by atoms with Crippen molar-refractivity contribution in [1.82, 2.24) is 10.2 Å². The maximum atomic E-state index is 5.52. The second kappa shape index (κ2) is 6.35. The van der Waals surface area contributed by atoms with E-state index >= 15 is 0 Å². The third kappa shape index (κ3) is 4.25. The molecule has 0 radical (unpaired) electrons. The zero-order valence-electron chi connectivity index (χ0n) is 9.53. The molecule has 1 rings (SSSR count). The van der Waals surface area contributed by atoms with Gasteiger partial charge in [0.25, 0.3) is 0 Å². The first-order valence-electron chi connectivity index (χ1n) is 5.52. The Kier molecular flexibility index (Phi) is 5.04. The largest absolute Gasteiger partial charge is 0.368 e. The summed E-state index contributed by atoms with van der Waals surface area (Å²) in [6.07, 6.45) is 2.10. The molecule has 84 valence electrons. The van der Waals surface area contributed by atoms with Gasteiger partial charge in [0, 0.05) is 6.54 Å². The third-order valence-electron chi connectivity index (χ3n) is 2.26. The average molecular weight is 208 g/mol. The molecule has 4 nitrogen and oxygen atoms in total. The van der Waals surface area contributed by atoms with Gasteiger partial charge in [-0.05, 0) is 31.0 Å². The molecule has 1 aromatic rings. The van der Waals surface area contributed by atoms with Gasteiger partial charge in [-0.25, -0.2) is 0 Å². The van der Waals surface area contributed by atoms with E-state index in [0.717, 1.165) is 30.9 Å². The van der Waals surface area contributed by atoms with Crippen LogP contribution in [0.4, 0.5) is 5.82 Å². The summed E-state index contributed by atoms with van der Waals surface area (Å²) in [4.78, 5) is 0. The van der Waals surface area contributed by atoms with Gasteiger partial charge in [-0.15, -0.1) is 5.10 Å². The summed E-state index contributed by atoms with van der Waals surface area (Å²) in [6.45, 7) is 5.77. The van der Waals surface area contributed by atoms with E-state index in [-0.39, 0.29) is 0 Å². The number of nitrogens with two attached hydrogens (primary N) is 1. The van der Waals surface area contributed by atoms with Gasteiger partial charge in [0.2, 0.25) is 0 Å². The Morgan fingerprint density at radius 2 is 2.20 bits per heavy atom. The van der Waals surface area contributed by atoms with E-state index in [9.17, 15) is 0 Å². The van der Waals surface area contributed by atoms with Crippen molar-refractivity contribution in [2.24, 2.45) is 11.7 Å². The lowest BCUT2D eigenvalue weighted by molar-refractivity contribution is 0.626. The predicted molar refractivity (Wildman–Crippen MR) is 62.7 cm³/mol. The Morgan fingerprint density at radius 3 is 2.73 bits per heavy atom. The molecule has 0 spiro atoms. The minimum Gasteiger partial charge on any atom is -0.368 e. The summed E-state index contributed by atoms with van der Waals surface area (Å²) in [5.41, 5.74) is 6.57. The summed E-state index contributed by atoms with van der Waals surface area (Å²) in [6, 6.07) is 3.99. The van der Waals surface area contributed by atoms with Crippen LogP contribution in [-0.4, -0.2) is 23.3 Å². The molecule has 0 amide bonds. The Labute approximate surface area is 91.3 Å². The average Bonchev–Trinajstić information content (AvgIpc) is 2.28. The van der Waals surface area contributed by atoms with Crippen molar-refractivity contribution in [2.75, 3.05) is 18.4 Å². The van der Waals surface area contributed by atoms with Crippen molar-refractivity contribution in [3.63, 3.8) is 0 Å². The molecule has 3 N–H and O–H groups in total. The second-order valence-corrected chi connectivity index (χ2v) is 3.88. The molecule has 15 heavy (non-hydrogen) atoms. The Morgan fingerprint density at radius 1 is 1.40 bits per heavy atom. The number of hydrogen-bond acceptors (Lipinski definition) is 4. The van der Waals surface area contributed by atoms with Crippen LogP contribution in [-0.2, 0) is 6.42 Å². The maximum absolute atomic E-state index is 5.52. The molecule has 1 atom stereocenters. The molecule has 0 aliphatic heterocycles. The lowest BCUT2D eigenvalue weighted by atomic mass is 10.2. The third-order valence-corrected chi connectivity index (χ3v) is 2.26. The van der Waals surface area contributed by atoms with E-state index in [1.165, 1.54) is 0 Å². The van der Waals surface area contributed by atoms with E-state index in [2.05, 4.69) is 29.4 Å². The number of anilines is 1. The highest BCUT2D eigenvalue weighted by Crippen LogP contribution is 2.04. The highest BCUT2D eigenvalue weighted by Gasteiger charge is 2.00. The van der Waals surface area contributed by atoms with E-state index in [1.807, 2.05) is 12.1 Å². The van der Waals surface area contributed by atoms with Crippen molar-refractivity contribution >= 4 is 5.82 Å². The Bertz CT molecular complexity index is 270. The van der Waals surface area contributed by atoms with Crippen LogP contribution in [0.2, 0.25) is 0 Å². The van der Waals surface area contributed by atoms with Crippen molar-refractivity contribution in [3.05, 3.63) is 17.8 Å². The fourth-order valence-electron chi connectivity index (χ4n) is 1.21. The highest BCUT2D eigenvalue weighted by atomic mass is 15.2. The van der Waals surface area contributed by atoms with Crippen LogP contribution in [0.5, 0.6) is 0 Å². The smallest absolute Gasteiger partial charge is 0.148 e. The quantitative estimate of drug-likeness (QED) is 0.742. The molecule has 1 unspecified atom stereocenters. The van der Waals surface area contributed by atoms with Crippen LogP contribution in [0.25, 0.3) is 0 Å². The Balaban J connectivity index is 2.42. The van der Waals surface area contributed by atoms with E-state index in [1.54, 1.807) is 0 Å². The van der Waals surface area contributed by atoms with Crippen molar-refractivity contribution in [1.29, 1.82) is 0 Å². The van der Waals surface area contributed by atoms with Crippen LogP contribution < -0.4 is 11.1 Å². The van der Waals surface area contributed by atoms with Gasteiger partial charge >= 0.3 is 0 Å². The molecule has 0 saturated carbocycles. The normalized spacial score (nSPS) is 12.5. The zero-order chi connectivity index (χ0) is 11.1. The van der Waals surface area contributed by atoms with Crippen molar-refractivity contribution in [2.45, 2.75) is 26.7 Å². The monoisotopic (exact) mass is 208 g/mol. The first-order valence-corrected chi connectivity index (χ1v) is 5.52. The molecule has 0 bridgehead atoms. The lowest BCUT2D eigenvalue weighted by Gasteiger charge is -2.09. The SMILES string of the molecule is CCCc1ccc(NCC(C)CN)nn1. The molecule has 0 aliphatic carbocycles. The minimum absolute atomic E-state index is 0.460. The summed E-state index contributed by atoms with van der Waals surface area (Å²) < 4.78 is 0. The first kappa shape index (κ1) is 11.9. The number of hydrogen-bond donors (Lipinski definition) is 2. The van der Waals surface area contributed by atoms with Gasteiger partial charge in [0.15, 0.2) is 0 Å². The van der Waals surface area contributed by atoms with E-state index in [4.69, 9.17) is 5.73 Å². The summed E-state index contributed by atoms with van der Waals surface area (Å²) in [5, 5.41) is 11.4. The highest BCUT2D eigenvalue weighted by molar-refractivity contribution is 5.32. The zero-order valence-corrected chi connectivity index (χ0v) is 9.53. The molecule has 0 saturated heterocycles. The lowest BCUT2D eigenvalue weighted by Crippen LogP contribution is -2.20. The fraction of sp³-hybridized carbons (Fsp3) is 0.636. The Hall–Kier alpha value is -1.16. The number of rotatable bonds is 6. The standard InChI is InChI=1S/C11H20N4/c1-3-4-10-5-6-11(15-14-10)13-8-9(2)7-12/h5-6,9H,3-4,7-8,12H2,1-2H3,(H,13,15). The molecule has 0 fully saturated rings. The van der Waals surface area contributed by atoms with Gasteiger partial charge in [-0.3, -0.25) is 0 Å². The van der Waals surface area contributed by atoms with Crippen LogP contribution in [0.1, 0.15) is 26.0 Å². The minimum atomic E-state index is 0.460. The molecule has 0 aliphatic rings. The van der Waals surface area contributed by atoms with Crippen LogP contribution in [0.3, 0.4) is 0 Å². The fourth-order valence-corrected chi connectivity index (χ4v) is 1.21. The number of nitrogens with zero attached hydrogens (tertiary/aromatic N) is 2. The van der Waals surface area contributed by atoms with Crippen LogP contribution in [0, 0.1) is 5.92 Å². The molecule has 4 heteroatoms. The van der Waals surface area contributed by atoms with E-state index < -0.39 is 0 Å². The second-order valence-electron chi connectivity index (χ2n) is 3.88.